The highest BCUT2D eigenvalue weighted by molar-refractivity contribution is 9.10. The summed E-state index contributed by atoms with van der Waals surface area (Å²) in [5, 5.41) is 18.5. The van der Waals surface area contributed by atoms with Crippen molar-refractivity contribution in [1.82, 2.24) is 0 Å². The highest BCUT2D eigenvalue weighted by atomic mass is 79.9. The molecule has 102 valence electrons. The Labute approximate surface area is 123 Å². The van der Waals surface area contributed by atoms with Crippen molar-refractivity contribution < 1.29 is 9.66 Å². The third-order valence-electron chi connectivity index (χ3n) is 2.53. The second-order valence-corrected chi connectivity index (χ2v) is 4.71. The molecule has 0 saturated heterocycles. The first-order valence-corrected chi connectivity index (χ1v) is 6.34. The molecule has 0 fully saturated rings. The van der Waals surface area contributed by atoms with E-state index in [2.05, 4.69) is 15.9 Å². The molecule has 0 amide bonds. The molecule has 0 bridgehead atoms. The summed E-state index contributed by atoms with van der Waals surface area (Å²) in [6.45, 7) is 0. The highest BCUT2D eigenvalue weighted by Gasteiger charge is 2.20. The number of nitrogens with two attached hydrogens (primary N) is 1. The average Bonchev–Trinajstić information content (AvgIpc) is 2.41. The predicted molar refractivity (Wildman–Crippen MR) is 78.3 cm³/mol. The lowest BCUT2D eigenvalue weighted by molar-refractivity contribution is -0.385. The van der Waals surface area contributed by atoms with Crippen molar-refractivity contribution in [3.8, 4) is 11.5 Å². The Morgan fingerprint density at radius 3 is 2.60 bits per heavy atom. The molecule has 0 atom stereocenters. The number of para-hydroxylation sites is 2. The summed E-state index contributed by atoms with van der Waals surface area (Å²) < 4.78 is 6.03. The number of nitrogens with zero attached hydrogens (tertiary/aromatic N) is 1. The summed E-state index contributed by atoms with van der Waals surface area (Å²) in [5.41, 5.74) is 5.67. The molecule has 2 aromatic carbocycles. The quantitative estimate of drug-likeness (QED) is 0.386. The minimum absolute atomic E-state index is 0.0752. The largest absolute Gasteiger partial charge is 0.448 e. The van der Waals surface area contributed by atoms with Crippen LogP contribution in [0.3, 0.4) is 0 Å². The van der Waals surface area contributed by atoms with Gasteiger partial charge in [0.15, 0.2) is 0 Å². The molecular weight excluding hydrogens is 326 g/mol. The van der Waals surface area contributed by atoms with Gasteiger partial charge in [-0.3, -0.25) is 15.5 Å². The van der Waals surface area contributed by atoms with Crippen molar-refractivity contribution in [3.63, 3.8) is 0 Å². The zero-order chi connectivity index (χ0) is 14.7. The third kappa shape index (κ3) is 2.77. The van der Waals surface area contributed by atoms with Crippen molar-refractivity contribution in [3.05, 3.63) is 62.6 Å². The number of hydrogen-bond donors (Lipinski definition) is 2. The molecule has 3 N–H and O–H groups in total. The van der Waals surface area contributed by atoms with Gasteiger partial charge >= 0.3 is 5.69 Å². The number of hydrogen-bond acceptors (Lipinski definition) is 4. The van der Waals surface area contributed by atoms with Gasteiger partial charge in [-0.15, -0.1) is 0 Å². The molecule has 6 nitrogen and oxygen atoms in total. The molecule has 20 heavy (non-hydrogen) atoms. The first-order chi connectivity index (χ1) is 9.50. The fourth-order valence-electron chi connectivity index (χ4n) is 1.63. The van der Waals surface area contributed by atoms with E-state index in [1.54, 1.807) is 36.4 Å². The second-order valence-electron chi connectivity index (χ2n) is 3.86. The Bertz CT molecular complexity index is 688. The first kappa shape index (κ1) is 14.0. The van der Waals surface area contributed by atoms with Crippen LogP contribution in [0, 0.1) is 15.5 Å². The Balaban J connectivity index is 2.51. The average molecular weight is 336 g/mol. The molecule has 0 radical (unpaired) electrons. The lowest BCUT2D eigenvalue weighted by Gasteiger charge is -2.11. The van der Waals surface area contributed by atoms with Crippen molar-refractivity contribution in [1.29, 1.82) is 5.41 Å². The maximum Gasteiger partial charge on any atom is 0.312 e. The number of nitrogens with one attached hydrogen (secondary N) is 1. The van der Waals surface area contributed by atoms with E-state index < -0.39 is 4.92 Å². The number of nitro benzene ring substituents is 1. The van der Waals surface area contributed by atoms with Crippen LogP contribution in [0.25, 0.3) is 0 Å². The van der Waals surface area contributed by atoms with Crippen LogP contribution in [0.4, 0.5) is 5.69 Å². The number of rotatable bonds is 4. The van der Waals surface area contributed by atoms with E-state index in [0.29, 0.717) is 10.0 Å². The zero-order valence-corrected chi connectivity index (χ0v) is 11.8. The third-order valence-corrected chi connectivity index (χ3v) is 3.16. The van der Waals surface area contributed by atoms with Crippen LogP contribution >= 0.6 is 15.9 Å². The van der Waals surface area contributed by atoms with Crippen LogP contribution < -0.4 is 10.5 Å². The Morgan fingerprint density at radius 1 is 1.25 bits per heavy atom. The van der Waals surface area contributed by atoms with E-state index in [0.717, 1.165) is 0 Å². The van der Waals surface area contributed by atoms with Gasteiger partial charge in [-0.2, -0.15) is 0 Å². The molecular formula is C13H10BrN3O3. The maximum absolute atomic E-state index is 11.0. The molecule has 0 aliphatic heterocycles. The van der Waals surface area contributed by atoms with Crippen LogP contribution in [-0.2, 0) is 0 Å². The molecule has 2 rings (SSSR count). The normalized spacial score (nSPS) is 10.1. The van der Waals surface area contributed by atoms with Crippen molar-refractivity contribution in [2.75, 3.05) is 0 Å². The van der Waals surface area contributed by atoms with Crippen LogP contribution in [0.2, 0.25) is 0 Å². The summed E-state index contributed by atoms with van der Waals surface area (Å²) in [6.07, 6.45) is 0. The fraction of sp³-hybridized carbons (Fsp3) is 0. The van der Waals surface area contributed by atoms with E-state index in [-0.39, 0.29) is 23.0 Å². The molecule has 0 aliphatic rings. The Kier molecular flexibility index (Phi) is 3.99. The zero-order valence-electron chi connectivity index (χ0n) is 10.2. The van der Waals surface area contributed by atoms with Gasteiger partial charge in [0.1, 0.15) is 11.6 Å². The van der Waals surface area contributed by atoms with Crippen LogP contribution in [0.15, 0.2) is 46.9 Å². The molecule has 0 unspecified atom stereocenters. The smallest absolute Gasteiger partial charge is 0.312 e. The number of benzene rings is 2. The Hall–Kier alpha value is -2.41. The van der Waals surface area contributed by atoms with Crippen molar-refractivity contribution >= 4 is 27.5 Å². The van der Waals surface area contributed by atoms with Gasteiger partial charge in [-0.25, -0.2) is 0 Å². The molecule has 0 aliphatic carbocycles. The van der Waals surface area contributed by atoms with Crippen LogP contribution in [0.5, 0.6) is 11.5 Å². The minimum Gasteiger partial charge on any atom is -0.448 e. The second kappa shape index (κ2) is 5.70. The Morgan fingerprint density at radius 2 is 1.95 bits per heavy atom. The first-order valence-electron chi connectivity index (χ1n) is 5.55. The molecule has 2 aromatic rings. The maximum atomic E-state index is 11.0. The van der Waals surface area contributed by atoms with Gasteiger partial charge in [0, 0.05) is 6.07 Å². The lowest BCUT2D eigenvalue weighted by Crippen LogP contribution is -2.12. The van der Waals surface area contributed by atoms with E-state index in [4.69, 9.17) is 15.9 Å². The van der Waals surface area contributed by atoms with Crippen LogP contribution in [0.1, 0.15) is 5.56 Å². The topological polar surface area (TPSA) is 102 Å². The highest BCUT2D eigenvalue weighted by Crippen LogP contribution is 2.38. The van der Waals surface area contributed by atoms with Gasteiger partial charge in [0.2, 0.25) is 5.75 Å². The van der Waals surface area contributed by atoms with Crippen molar-refractivity contribution in [2.45, 2.75) is 0 Å². The predicted octanol–water partition coefficient (Wildman–Crippen LogP) is 3.43. The van der Waals surface area contributed by atoms with Crippen molar-refractivity contribution in [2.24, 2.45) is 5.73 Å². The lowest BCUT2D eigenvalue weighted by atomic mass is 10.2. The van der Waals surface area contributed by atoms with E-state index >= 15 is 0 Å². The van der Waals surface area contributed by atoms with Gasteiger partial charge in [0.25, 0.3) is 0 Å². The molecule has 0 heterocycles. The summed E-state index contributed by atoms with van der Waals surface area (Å²) in [7, 11) is 0. The van der Waals surface area contributed by atoms with Gasteiger partial charge < -0.3 is 10.5 Å². The molecule has 7 heteroatoms. The standard InChI is InChI=1S/C13H10BrN3O3/c14-9-5-3-6-10(17(18)19)12(9)20-11-7-2-1-4-8(11)13(15)16/h1-7H,(H3,15,16). The summed E-state index contributed by atoms with van der Waals surface area (Å²) in [6, 6.07) is 11.1. The monoisotopic (exact) mass is 335 g/mol. The number of halogens is 1. The van der Waals surface area contributed by atoms with Gasteiger partial charge in [-0.1, -0.05) is 18.2 Å². The number of nitro groups is 1. The minimum atomic E-state index is -0.531. The fourth-order valence-corrected chi connectivity index (χ4v) is 2.07. The molecule has 0 aromatic heterocycles. The summed E-state index contributed by atoms with van der Waals surface area (Å²) in [4.78, 5) is 10.5. The van der Waals surface area contributed by atoms with E-state index in [9.17, 15) is 10.1 Å². The summed E-state index contributed by atoms with van der Waals surface area (Å²) >= 11 is 3.22. The van der Waals surface area contributed by atoms with E-state index in [1.165, 1.54) is 6.07 Å². The van der Waals surface area contributed by atoms with Gasteiger partial charge in [-0.05, 0) is 34.1 Å². The van der Waals surface area contributed by atoms with Gasteiger partial charge in [0.05, 0.1) is 15.0 Å². The summed E-state index contributed by atoms with van der Waals surface area (Å²) in [5.74, 6) is 0.191. The van der Waals surface area contributed by atoms with E-state index in [1.807, 2.05) is 0 Å². The van der Waals surface area contributed by atoms with Crippen LogP contribution in [-0.4, -0.2) is 10.8 Å². The molecule has 0 spiro atoms. The number of ether oxygens (including phenoxy) is 1. The number of nitrogen functional groups attached to an aromatic ring is 1. The molecule has 0 saturated carbocycles. The SMILES string of the molecule is N=C(N)c1ccccc1Oc1c(Br)cccc1[N+](=O)[O-]. The number of amidine groups is 1.